The number of carbonyl (C=O) groups is 1. The summed E-state index contributed by atoms with van der Waals surface area (Å²) in [6.45, 7) is 0.204. The van der Waals surface area contributed by atoms with Crippen molar-refractivity contribution in [1.29, 1.82) is 0 Å². The summed E-state index contributed by atoms with van der Waals surface area (Å²) in [4.78, 5) is 11.6. The molecule has 1 heterocycles. The van der Waals surface area contributed by atoms with E-state index in [4.69, 9.17) is 11.6 Å². The maximum absolute atomic E-state index is 11.6. The first-order chi connectivity index (χ1) is 7.74. The highest BCUT2D eigenvalue weighted by molar-refractivity contribution is 6.30. The molecule has 1 aromatic heterocycles. The van der Waals surface area contributed by atoms with Crippen LogP contribution in [0.3, 0.4) is 0 Å². The summed E-state index contributed by atoms with van der Waals surface area (Å²) in [5.41, 5.74) is 0.724. The zero-order valence-corrected chi connectivity index (χ0v) is 9.19. The van der Waals surface area contributed by atoms with Gasteiger partial charge in [0.2, 0.25) is 5.91 Å². The van der Waals surface area contributed by atoms with Crippen LogP contribution in [0.5, 0.6) is 0 Å². The first kappa shape index (κ1) is 10.7. The molecular weight excluding hydrogens is 226 g/mol. The van der Waals surface area contributed by atoms with Gasteiger partial charge in [0.25, 0.3) is 0 Å². The summed E-state index contributed by atoms with van der Waals surface area (Å²) in [5, 5.41) is 7.34. The van der Waals surface area contributed by atoms with Gasteiger partial charge < -0.3 is 5.32 Å². The van der Waals surface area contributed by atoms with E-state index in [9.17, 15) is 4.79 Å². The van der Waals surface area contributed by atoms with Gasteiger partial charge in [0.1, 0.15) is 6.54 Å². The highest BCUT2D eigenvalue weighted by atomic mass is 35.5. The largest absolute Gasteiger partial charge is 0.324 e. The second-order valence-corrected chi connectivity index (χ2v) is 3.70. The van der Waals surface area contributed by atoms with Gasteiger partial charge in [-0.15, -0.1) is 0 Å². The summed E-state index contributed by atoms with van der Waals surface area (Å²) < 4.78 is 1.56. The number of benzene rings is 1. The molecule has 1 aromatic carbocycles. The van der Waals surface area contributed by atoms with E-state index in [0.717, 1.165) is 5.69 Å². The molecule has 1 amide bonds. The minimum Gasteiger partial charge on any atom is -0.324 e. The number of anilines is 1. The Morgan fingerprint density at radius 3 is 2.75 bits per heavy atom. The quantitative estimate of drug-likeness (QED) is 0.886. The van der Waals surface area contributed by atoms with Gasteiger partial charge in [-0.05, 0) is 30.3 Å². The fourth-order valence-corrected chi connectivity index (χ4v) is 1.40. The van der Waals surface area contributed by atoms with Gasteiger partial charge in [0.05, 0.1) is 0 Å². The lowest BCUT2D eigenvalue weighted by Crippen LogP contribution is -2.18. The van der Waals surface area contributed by atoms with E-state index >= 15 is 0 Å². The molecule has 82 valence electrons. The Balaban J connectivity index is 1.95. The predicted molar refractivity (Wildman–Crippen MR) is 62.3 cm³/mol. The molecule has 0 fully saturated rings. The molecule has 5 heteroatoms. The van der Waals surface area contributed by atoms with Crippen LogP contribution in [0.4, 0.5) is 5.69 Å². The van der Waals surface area contributed by atoms with Gasteiger partial charge in [0, 0.05) is 23.1 Å². The average Bonchev–Trinajstić information content (AvgIpc) is 2.74. The number of carbonyl (C=O) groups excluding carboxylic acids is 1. The molecule has 0 saturated heterocycles. The molecule has 0 unspecified atom stereocenters. The van der Waals surface area contributed by atoms with Crippen molar-refractivity contribution in [3.05, 3.63) is 47.7 Å². The lowest BCUT2D eigenvalue weighted by molar-refractivity contribution is -0.116. The van der Waals surface area contributed by atoms with Gasteiger partial charge in [0.15, 0.2) is 0 Å². The number of rotatable bonds is 3. The molecule has 0 aliphatic rings. The van der Waals surface area contributed by atoms with Crippen LogP contribution in [0.25, 0.3) is 0 Å². The predicted octanol–water partition coefficient (Wildman–Crippen LogP) is 2.18. The molecule has 4 nitrogen and oxygen atoms in total. The van der Waals surface area contributed by atoms with Gasteiger partial charge in [-0.3, -0.25) is 9.48 Å². The van der Waals surface area contributed by atoms with Crippen molar-refractivity contribution < 1.29 is 4.79 Å². The molecule has 0 bridgehead atoms. The third-order valence-corrected chi connectivity index (χ3v) is 2.24. The van der Waals surface area contributed by atoms with Crippen LogP contribution >= 0.6 is 11.6 Å². The Bertz CT molecular complexity index is 464. The lowest BCUT2D eigenvalue weighted by Gasteiger charge is -2.05. The minimum absolute atomic E-state index is 0.119. The van der Waals surface area contributed by atoms with Crippen molar-refractivity contribution in [3.63, 3.8) is 0 Å². The second kappa shape index (κ2) is 4.81. The zero-order valence-electron chi connectivity index (χ0n) is 8.43. The number of amides is 1. The van der Waals surface area contributed by atoms with Gasteiger partial charge in [-0.25, -0.2) is 0 Å². The average molecular weight is 236 g/mol. The number of nitrogens with one attached hydrogen (secondary N) is 1. The number of halogens is 1. The van der Waals surface area contributed by atoms with E-state index in [2.05, 4.69) is 10.4 Å². The Morgan fingerprint density at radius 1 is 1.38 bits per heavy atom. The van der Waals surface area contributed by atoms with Gasteiger partial charge >= 0.3 is 0 Å². The van der Waals surface area contributed by atoms with E-state index in [0.29, 0.717) is 5.02 Å². The molecule has 1 N–H and O–H groups in total. The summed E-state index contributed by atoms with van der Waals surface area (Å²) in [5.74, 6) is -0.119. The molecule has 0 atom stereocenters. The highest BCUT2D eigenvalue weighted by Crippen LogP contribution is 2.13. The highest BCUT2D eigenvalue weighted by Gasteiger charge is 2.03. The third kappa shape index (κ3) is 2.84. The van der Waals surface area contributed by atoms with Crippen LogP contribution in [-0.4, -0.2) is 15.7 Å². The molecule has 0 spiro atoms. The van der Waals surface area contributed by atoms with E-state index in [1.54, 1.807) is 47.4 Å². The maximum Gasteiger partial charge on any atom is 0.246 e. The van der Waals surface area contributed by atoms with E-state index < -0.39 is 0 Å². The topological polar surface area (TPSA) is 46.9 Å². The third-order valence-electron chi connectivity index (χ3n) is 1.99. The Hall–Kier alpha value is -1.81. The zero-order chi connectivity index (χ0) is 11.4. The van der Waals surface area contributed by atoms with E-state index in [1.807, 2.05) is 0 Å². The van der Waals surface area contributed by atoms with E-state index in [1.165, 1.54) is 0 Å². The Morgan fingerprint density at radius 2 is 2.12 bits per heavy atom. The number of aromatic nitrogens is 2. The monoisotopic (exact) mass is 235 g/mol. The van der Waals surface area contributed by atoms with Crippen molar-refractivity contribution in [1.82, 2.24) is 9.78 Å². The molecule has 0 saturated carbocycles. The molecule has 2 rings (SSSR count). The minimum atomic E-state index is -0.119. The smallest absolute Gasteiger partial charge is 0.246 e. The van der Waals surface area contributed by atoms with Crippen LogP contribution in [-0.2, 0) is 11.3 Å². The normalized spacial score (nSPS) is 10.1. The summed E-state index contributed by atoms with van der Waals surface area (Å²) in [7, 11) is 0. The summed E-state index contributed by atoms with van der Waals surface area (Å²) >= 11 is 5.74. The number of hydrogen-bond donors (Lipinski definition) is 1. The Kier molecular flexibility index (Phi) is 3.22. The standard InChI is InChI=1S/C11H10ClN3O/c12-9-2-4-10(5-3-9)14-11(16)8-15-7-1-6-13-15/h1-7H,8H2,(H,14,16). The van der Waals surface area contributed by atoms with Gasteiger partial charge in [-0.1, -0.05) is 11.6 Å². The van der Waals surface area contributed by atoms with E-state index in [-0.39, 0.29) is 12.5 Å². The Labute approximate surface area is 97.8 Å². The van der Waals surface area contributed by atoms with Crippen LogP contribution < -0.4 is 5.32 Å². The first-order valence-electron chi connectivity index (χ1n) is 4.77. The van der Waals surface area contributed by atoms with Crippen molar-refractivity contribution in [2.45, 2.75) is 6.54 Å². The van der Waals surface area contributed by atoms with Crippen molar-refractivity contribution in [2.75, 3.05) is 5.32 Å². The van der Waals surface area contributed by atoms with Crippen LogP contribution in [0.2, 0.25) is 5.02 Å². The lowest BCUT2D eigenvalue weighted by atomic mass is 10.3. The molecule has 0 aliphatic carbocycles. The summed E-state index contributed by atoms with van der Waals surface area (Å²) in [6, 6.07) is 8.73. The number of hydrogen-bond acceptors (Lipinski definition) is 2. The fraction of sp³-hybridized carbons (Fsp3) is 0.0909. The fourth-order valence-electron chi connectivity index (χ4n) is 1.27. The van der Waals surface area contributed by atoms with Gasteiger partial charge in [-0.2, -0.15) is 5.10 Å². The molecule has 0 aliphatic heterocycles. The van der Waals surface area contributed by atoms with Crippen molar-refractivity contribution in [3.8, 4) is 0 Å². The molecular formula is C11H10ClN3O. The second-order valence-electron chi connectivity index (χ2n) is 3.26. The van der Waals surface area contributed by atoms with Crippen molar-refractivity contribution >= 4 is 23.2 Å². The van der Waals surface area contributed by atoms with Crippen LogP contribution in [0.1, 0.15) is 0 Å². The molecule has 16 heavy (non-hydrogen) atoms. The maximum atomic E-state index is 11.6. The van der Waals surface area contributed by atoms with Crippen LogP contribution in [0, 0.1) is 0 Å². The molecule has 2 aromatic rings. The first-order valence-corrected chi connectivity index (χ1v) is 5.15. The van der Waals surface area contributed by atoms with Crippen LogP contribution in [0.15, 0.2) is 42.7 Å². The summed E-state index contributed by atoms with van der Waals surface area (Å²) in [6.07, 6.45) is 3.37. The number of nitrogens with zero attached hydrogens (tertiary/aromatic N) is 2. The molecule has 0 radical (unpaired) electrons. The SMILES string of the molecule is O=C(Cn1cccn1)Nc1ccc(Cl)cc1. The van der Waals surface area contributed by atoms with Crippen molar-refractivity contribution in [2.24, 2.45) is 0 Å².